The number of hydrogen-bond acceptors (Lipinski definition) is 4. The standard InChI is InChI=1S/C21H27F4NO3/c22-19-8-2-1-6-18(19)7-4-14-29-13-3-5-17(10-12-21(23,24)25)9-11-20(26,15-27)16-28/h1-3,5-6,8,10,12-13,27-28H,4,7,9,11,14-16,26H2/b12-10+,13-3+,17-5-. The maximum atomic E-state index is 13.5. The molecule has 29 heavy (non-hydrogen) atoms. The van der Waals surface area contributed by atoms with Gasteiger partial charge < -0.3 is 20.7 Å². The van der Waals surface area contributed by atoms with Gasteiger partial charge in [0.15, 0.2) is 0 Å². The summed E-state index contributed by atoms with van der Waals surface area (Å²) in [4.78, 5) is 0. The summed E-state index contributed by atoms with van der Waals surface area (Å²) < 4.78 is 56.1. The quantitative estimate of drug-likeness (QED) is 0.209. The van der Waals surface area contributed by atoms with Crippen molar-refractivity contribution in [1.29, 1.82) is 0 Å². The van der Waals surface area contributed by atoms with E-state index in [9.17, 15) is 27.8 Å². The van der Waals surface area contributed by atoms with E-state index in [2.05, 4.69) is 0 Å². The molecule has 1 aromatic rings. The fourth-order valence-corrected chi connectivity index (χ4v) is 2.36. The third-order valence-electron chi connectivity index (χ3n) is 4.18. The lowest BCUT2D eigenvalue weighted by atomic mass is 9.93. The highest BCUT2D eigenvalue weighted by atomic mass is 19.4. The smallest absolute Gasteiger partial charge is 0.409 e. The molecule has 8 heteroatoms. The predicted octanol–water partition coefficient (Wildman–Crippen LogP) is 3.80. The highest BCUT2D eigenvalue weighted by molar-refractivity contribution is 5.24. The number of aliphatic hydroxyl groups excluding tert-OH is 2. The van der Waals surface area contributed by atoms with Crippen molar-refractivity contribution in [3.8, 4) is 0 Å². The van der Waals surface area contributed by atoms with Crippen LogP contribution in [0.25, 0.3) is 0 Å². The Balaban J connectivity index is 2.56. The number of allylic oxidation sites excluding steroid dienone is 5. The monoisotopic (exact) mass is 417 g/mol. The van der Waals surface area contributed by atoms with Gasteiger partial charge in [0.1, 0.15) is 5.82 Å². The molecule has 4 N–H and O–H groups in total. The van der Waals surface area contributed by atoms with Crippen molar-refractivity contribution < 1.29 is 32.5 Å². The zero-order chi connectivity index (χ0) is 21.8. The molecule has 0 aliphatic rings. The first-order valence-corrected chi connectivity index (χ1v) is 9.16. The van der Waals surface area contributed by atoms with E-state index < -0.39 is 24.9 Å². The van der Waals surface area contributed by atoms with Crippen LogP contribution in [0.1, 0.15) is 24.8 Å². The van der Waals surface area contributed by atoms with Crippen LogP contribution in [0.3, 0.4) is 0 Å². The maximum Gasteiger partial charge on any atom is 0.409 e. The summed E-state index contributed by atoms with van der Waals surface area (Å²) in [6, 6.07) is 6.46. The summed E-state index contributed by atoms with van der Waals surface area (Å²) in [7, 11) is 0. The third kappa shape index (κ3) is 10.8. The van der Waals surface area contributed by atoms with Gasteiger partial charge in [-0.2, -0.15) is 13.2 Å². The second-order valence-corrected chi connectivity index (χ2v) is 6.69. The summed E-state index contributed by atoms with van der Waals surface area (Å²) in [6.45, 7) is -0.644. The van der Waals surface area contributed by atoms with E-state index in [0.29, 0.717) is 30.6 Å². The van der Waals surface area contributed by atoms with Crippen LogP contribution in [-0.2, 0) is 11.2 Å². The molecule has 0 unspecified atom stereocenters. The first-order valence-electron chi connectivity index (χ1n) is 9.16. The topological polar surface area (TPSA) is 75.7 Å². The molecule has 0 fully saturated rings. The molecule has 0 heterocycles. The second-order valence-electron chi connectivity index (χ2n) is 6.69. The van der Waals surface area contributed by atoms with Gasteiger partial charge in [-0.3, -0.25) is 0 Å². The first-order chi connectivity index (χ1) is 13.7. The van der Waals surface area contributed by atoms with Crippen molar-refractivity contribution in [3.63, 3.8) is 0 Å². The summed E-state index contributed by atoms with van der Waals surface area (Å²) in [5, 5.41) is 18.4. The average molecular weight is 417 g/mol. The summed E-state index contributed by atoms with van der Waals surface area (Å²) in [6.07, 6.45) is 2.12. The van der Waals surface area contributed by atoms with Gasteiger partial charge in [-0.1, -0.05) is 30.4 Å². The molecule has 1 aromatic carbocycles. The van der Waals surface area contributed by atoms with E-state index in [4.69, 9.17) is 10.5 Å². The Hall–Kier alpha value is -2.16. The molecular formula is C21H27F4NO3. The van der Waals surface area contributed by atoms with Crippen LogP contribution < -0.4 is 5.73 Å². The molecule has 1 rings (SSSR count). The number of aliphatic hydroxyl groups is 2. The zero-order valence-corrected chi connectivity index (χ0v) is 16.0. The molecule has 0 spiro atoms. The lowest BCUT2D eigenvalue weighted by Gasteiger charge is -2.24. The van der Waals surface area contributed by atoms with Gasteiger partial charge in [-0.05, 0) is 49.0 Å². The number of halogens is 4. The Morgan fingerprint density at radius 3 is 2.45 bits per heavy atom. The third-order valence-corrected chi connectivity index (χ3v) is 4.18. The predicted molar refractivity (Wildman–Crippen MR) is 103 cm³/mol. The van der Waals surface area contributed by atoms with Gasteiger partial charge in [-0.25, -0.2) is 4.39 Å². The van der Waals surface area contributed by atoms with Gasteiger partial charge in [0.25, 0.3) is 0 Å². The van der Waals surface area contributed by atoms with Gasteiger partial charge >= 0.3 is 6.18 Å². The number of benzene rings is 1. The van der Waals surface area contributed by atoms with E-state index in [0.717, 1.165) is 6.08 Å². The lowest BCUT2D eigenvalue weighted by Crippen LogP contribution is -2.47. The van der Waals surface area contributed by atoms with Crippen LogP contribution in [0.15, 0.2) is 60.4 Å². The van der Waals surface area contributed by atoms with E-state index in [1.165, 1.54) is 24.5 Å². The van der Waals surface area contributed by atoms with Crippen molar-refractivity contribution in [3.05, 3.63) is 71.8 Å². The lowest BCUT2D eigenvalue weighted by molar-refractivity contribution is -0.0798. The summed E-state index contributed by atoms with van der Waals surface area (Å²) in [5.74, 6) is -0.270. The average Bonchev–Trinajstić information content (AvgIpc) is 2.69. The highest BCUT2D eigenvalue weighted by Crippen LogP contribution is 2.20. The molecule has 0 bridgehead atoms. The molecular weight excluding hydrogens is 390 g/mol. The number of alkyl halides is 3. The molecule has 4 nitrogen and oxygen atoms in total. The summed E-state index contributed by atoms with van der Waals surface area (Å²) >= 11 is 0. The van der Waals surface area contributed by atoms with Crippen LogP contribution in [0.5, 0.6) is 0 Å². The van der Waals surface area contributed by atoms with E-state index >= 15 is 0 Å². The molecule has 0 saturated heterocycles. The van der Waals surface area contributed by atoms with Gasteiger partial charge in [0.05, 0.1) is 31.6 Å². The largest absolute Gasteiger partial charge is 0.501 e. The maximum absolute atomic E-state index is 13.5. The minimum absolute atomic E-state index is 0.103. The molecule has 162 valence electrons. The Kier molecular flexibility index (Phi) is 10.6. The Morgan fingerprint density at radius 2 is 1.83 bits per heavy atom. The van der Waals surface area contributed by atoms with Crippen LogP contribution >= 0.6 is 0 Å². The molecule has 0 radical (unpaired) electrons. The van der Waals surface area contributed by atoms with E-state index in [-0.39, 0.29) is 24.7 Å². The van der Waals surface area contributed by atoms with Gasteiger partial charge in [-0.15, -0.1) is 0 Å². The normalized spacial score (nSPS) is 13.6. The molecule has 0 amide bonds. The van der Waals surface area contributed by atoms with Crippen molar-refractivity contribution in [2.24, 2.45) is 5.73 Å². The Bertz CT molecular complexity index is 695. The van der Waals surface area contributed by atoms with Crippen molar-refractivity contribution in [2.45, 2.75) is 37.4 Å². The van der Waals surface area contributed by atoms with Crippen LogP contribution in [-0.4, -0.2) is 41.7 Å². The van der Waals surface area contributed by atoms with Crippen molar-refractivity contribution in [2.75, 3.05) is 19.8 Å². The van der Waals surface area contributed by atoms with Crippen LogP contribution in [0.4, 0.5) is 17.6 Å². The van der Waals surface area contributed by atoms with E-state index in [1.807, 2.05) is 0 Å². The number of ether oxygens (including phenoxy) is 1. The molecule has 0 aromatic heterocycles. The minimum atomic E-state index is -4.46. The molecule has 0 aliphatic heterocycles. The number of rotatable bonds is 12. The van der Waals surface area contributed by atoms with Gasteiger partial charge in [0.2, 0.25) is 0 Å². The fraction of sp³-hybridized carbons (Fsp3) is 0.429. The Morgan fingerprint density at radius 1 is 1.14 bits per heavy atom. The fourth-order valence-electron chi connectivity index (χ4n) is 2.36. The summed E-state index contributed by atoms with van der Waals surface area (Å²) in [5.41, 5.74) is 5.39. The van der Waals surface area contributed by atoms with Crippen LogP contribution in [0.2, 0.25) is 0 Å². The number of hydrogen-bond donors (Lipinski definition) is 3. The van der Waals surface area contributed by atoms with Crippen molar-refractivity contribution in [1.82, 2.24) is 0 Å². The SMILES string of the molecule is NC(CO)(CO)CCC(=C/C=C/OCCCc1ccccc1F)/C=C/C(F)(F)F. The second kappa shape index (κ2) is 12.4. The minimum Gasteiger partial charge on any atom is -0.501 e. The molecule has 0 saturated carbocycles. The number of nitrogens with two attached hydrogens (primary N) is 1. The highest BCUT2D eigenvalue weighted by Gasteiger charge is 2.24. The van der Waals surface area contributed by atoms with Gasteiger partial charge in [0, 0.05) is 6.08 Å². The number of aryl methyl sites for hydroxylation is 1. The molecule has 0 aliphatic carbocycles. The van der Waals surface area contributed by atoms with E-state index in [1.54, 1.807) is 18.2 Å². The van der Waals surface area contributed by atoms with Crippen molar-refractivity contribution >= 4 is 0 Å². The zero-order valence-electron chi connectivity index (χ0n) is 16.0. The first kappa shape index (κ1) is 24.9. The van der Waals surface area contributed by atoms with Crippen LogP contribution in [0, 0.1) is 5.82 Å². The Labute approximate surface area is 168 Å². The molecule has 0 atom stereocenters.